The number of nitrogens with one attached hydrogen (secondary N) is 1. The van der Waals surface area contributed by atoms with Crippen LogP contribution in [0.2, 0.25) is 0 Å². The summed E-state index contributed by atoms with van der Waals surface area (Å²) in [5, 5.41) is 14.8. The van der Waals surface area contributed by atoms with Gasteiger partial charge in [0, 0.05) is 5.38 Å². The second-order valence-electron chi connectivity index (χ2n) is 3.18. The Labute approximate surface area is 101 Å². The van der Waals surface area contributed by atoms with Crippen LogP contribution in [0, 0.1) is 0 Å². The Bertz CT molecular complexity index is 552. The molecule has 0 aliphatic carbocycles. The highest BCUT2D eigenvalue weighted by Crippen LogP contribution is 2.10. The Morgan fingerprint density at radius 1 is 1.29 bits per heavy atom. The van der Waals surface area contributed by atoms with Gasteiger partial charge in [0.2, 0.25) is 0 Å². The Hall–Kier alpha value is -2.21. The SMILES string of the molecule is O=C(Nc1cccc(C(=O)O)n1)c1ccsc1. The lowest BCUT2D eigenvalue weighted by Gasteiger charge is -2.03. The second-order valence-corrected chi connectivity index (χ2v) is 3.96. The molecule has 0 unspecified atom stereocenters. The molecule has 86 valence electrons. The van der Waals surface area contributed by atoms with Crippen molar-refractivity contribution in [2.24, 2.45) is 0 Å². The summed E-state index contributed by atoms with van der Waals surface area (Å²) in [5.41, 5.74) is 0.422. The standard InChI is InChI=1S/C11H8N2O3S/c14-10(7-4-5-17-6-7)13-9-3-1-2-8(12-9)11(15)16/h1-6H,(H,15,16)(H,12,13,14). The van der Waals surface area contributed by atoms with Crippen molar-refractivity contribution < 1.29 is 14.7 Å². The molecule has 1 amide bonds. The highest BCUT2D eigenvalue weighted by molar-refractivity contribution is 7.08. The van der Waals surface area contributed by atoms with E-state index in [1.54, 1.807) is 16.8 Å². The van der Waals surface area contributed by atoms with E-state index in [9.17, 15) is 9.59 Å². The van der Waals surface area contributed by atoms with E-state index in [1.807, 2.05) is 0 Å². The summed E-state index contributed by atoms with van der Waals surface area (Å²) in [4.78, 5) is 26.2. The van der Waals surface area contributed by atoms with Gasteiger partial charge in [-0.15, -0.1) is 0 Å². The molecule has 2 N–H and O–H groups in total. The van der Waals surface area contributed by atoms with E-state index in [4.69, 9.17) is 5.11 Å². The summed E-state index contributed by atoms with van der Waals surface area (Å²) in [5.74, 6) is -1.21. The summed E-state index contributed by atoms with van der Waals surface area (Å²) in [6, 6.07) is 6.11. The number of aromatic nitrogens is 1. The van der Waals surface area contributed by atoms with Crippen LogP contribution < -0.4 is 5.32 Å². The Balaban J connectivity index is 2.16. The number of amides is 1. The van der Waals surface area contributed by atoms with Gasteiger partial charge in [0.05, 0.1) is 5.56 Å². The molecule has 17 heavy (non-hydrogen) atoms. The fourth-order valence-corrected chi connectivity index (χ4v) is 1.84. The van der Waals surface area contributed by atoms with Gasteiger partial charge in [-0.25, -0.2) is 9.78 Å². The van der Waals surface area contributed by atoms with Crippen LogP contribution in [0.1, 0.15) is 20.8 Å². The summed E-state index contributed by atoms with van der Waals surface area (Å²) in [6.45, 7) is 0. The van der Waals surface area contributed by atoms with E-state index in [-0.39, 0.29) is 17.4 Å². The van der Waals surface area contributed by atoms with Gasteiger partial charge >= 0.3 is 5.97 Å². The van der Waals surface area contributed by atoms with Gasteiger partial charge < -0.3 is 10.4 Å². The van der Waals surface area contributed by atoms with Crippen LogP contribution in [-0.2, 0) is 0 Å². The van der Waals surface area contributed by atoms with Crippen LogP contribution in [0.5, 0.6) is 0 Å². The van der Waals surface area contributed by atoms with E-state index in [0.717, 1.165) is 0 Å². The van der Waals surface area contributed by atoms with Gasteiger partial charge in [-0.1, -0.05) is 6.07 Å². The smallest absolute Gasteiger partial charge is 0.354 e. The molecule has 6 heteroatoms. The molecule has 0 aliphatic heterocycles. The Morgan fingerprint density at radius 3 is 2.76 bits per heavy atom. The molecule has 0 spiro atoms. The van der Waals surface area contributed by atoms with Gasteiger partial charge in [0.1, 0.15) is 5.82 Å². The fraction of sp³-hybridized carbons (Fsp3) is 0. The topological polar surface area (TPSA) is 79.3 Å². The zero-order chi connectivity index (χ0) is 12.3. The van der Waals surface area contributed by atoms with Crippen LogP contribution in [-0.4, -0.2) is 22.0 Å². The molecule has 2 heterocycles. The molecule has 0 saturated heterocycles. The summed E-state index contributed by atoms with van der Waals surface area (Å²) in [6.07, 6.45) is 0. The normalized spacial score (nSPS) is 9.88. The third-order valence-corrected chi connectivity index (χ3v) is 2.68. The number of carbonyl (C=O) groups excluding carboxylic acids is 1. The first-order valence-electron chi connectivity index (χ1n) is 4.71. The first kappa shape index (κ1) is 11.3. The van der Waals surface area contributed by atoms with Crippen LogP contribution >= 0.6 is 11.3 Å². The minimum absolute atomic E-state index is 0.104. The number of thiophene rings is 1. The number of carbonyl (C=O) groups is 2. The number of hydrogen-bond acceptors (Lipinski definition) is 4. The predicted molar refractivity (Wildman–Crippen MR) is 63.5 cm³/mol. The molecule has 2 aromatic rings. The van der Waals surface area contributed by atoms with Crippen LogP contribution in [0.4, 0.5) is 5.82 Å². The van der Waals surface area contributed by atoms with Crippen molar-refractivity contribution in [3.05, 3.63) is 46.3 Å². The van der Waals surface area contributed by atoms with E-state index in [1.165, 1.54) is 29.5 Å². The average Bonchev–Trinajstić information content (AvgIpc) is 2.82. The maximum absolute atomic E-state index is 11.7. The van der Waals surface area contributed by atoms with Gasteiger partial charge in [-0.05, 0) is 23.6 Å². The predicted octanol–water partition coefficient (Wildman–Crippen LogP) is 2.09. The van der Waals surface area contributed by atoms with Crippen molar-refractivity contribution in [2.75, 3.05) is 5.32 Å². The molecule has 5 nitrogen and oxygen atoms in total. The molecule has 0 radical (unpaired) electrons. The fourth-order valence-electron chi connectivity index (χ4n) is 1.21. The molecule has 0 bridgehead atoms. The molecule has 2 rings (SSSR count). The van der Waals surface area contributed by atoms with E-state index >= 15 is 0 Å². The number of nitrogens with zero attached hydrogens (tertiary/aromatic N) is 1. The summed E-state index contributed by atoms with van der Waals surface area (Å²) in [7, 11) is 0. The third kappa shape index (κ3) is 2.67. The molecule has 2 aromatic heterocycles. The quantitative estimate of drug-likeness (QED) is 0.871. The van der Waals surface area contributed by atoms with Gasteiger partial charge in [0.15, 0.2) is 5.69 Å². The zero-order valence-corrected chi connectivity index (χ0v) is 9.40. The first-order chi connectivity index (χ1) is 8.16. The number of hydrogen-bond donors (Lipinski definition) is 2. The van der Waals surface area contributed by atoms with Crippen molar-refractivity contribution in [3.8, 4) is 0 Å². The third-order valence-electron chi connectivity index (χ3n) is 1.99. The van der Waals surface area contributed by atoms with Crippen LogP contribution in [0.15, 0.2) is 35.0 Å². The molecule has 0 aromatic carbocycles. The van der Waals surface area contributed by atoms with Crippen LogP contribution in [0.25, 0.3) is 0 Å². The molecular formula is C11H8N2O3S. The Kier molecular flexibility index (Phi) is 3.15. The Morgan fingerprint density at radius 2 is 2.12 bits per heavy atom. The second kappa shape index (κ2) is 4.75. The lowest BCUT2D eigenvalue weighted by molar-refractivity contribution is 0.0690. The largest absolute Gasteiger partial charge is 0.477 e. The number of rotatable bonds is 3. The molecule has 0 aliphatic rings. The number of carboxylic acid groups (broad SMARTS) is 1. The lowest BCUT2D eigenvalue weighted by Crippen LogP contribution is -2.13. The summed E-state index contributed by atoms with van der Waals surface area (Å²) >= 11 is 1.41. The lowest BCUT2D eigenvalue weighted by atomic mass is 10.3. The van der Waals surface area contributed by atoms with Crippen molar-refractivity contribution in [1.29, 1.82) is 0 Å². The maximum atomic E-state index is 11.7. The maximum Gasteiger partial charge on any atom is 0.354 e. The summed E-state index contributed by atoms with van der Waals surface area (Å²) < 4.78 is 0. The molecule has 0 saturated carbocycles. The van der Waals surface area contributed by atoms with Crippen molar-refractivity contribution in [1.82, 2.24) is 4.98 Å². The number of anilines is 1. The van der Waals surface area contributed by atoms with Crippen molar-refractivity contribution >= 4 is 29.0 Å². The van der Waals surface area contributed by atoms with E-state index < -0.39 is 5.97 Å². The highest BCUT2D eigenvalue weighted by atomic mass is 32.1. The van der Waals surface area contributed by atoms with Gasteiger partial charge in [0.25, 0.3) is 5.91 Å². The van der Waals surface area contributed by atoms with Gasteiger partial charge in [-0.2, -0.15) is 11.3 Å². The molecule has 0 atom stereocenters. The minimum Gasteiger partial charge on any atom is -0.477 e. The minimum atomic E-state index is -1.13. The average molecular weight is 248 g/mol. The zero-order valence-electron chi connectivity index (χ0n) is 8.58. The van der Waals surface area contributed by atoms with Gasteiger partial charge in [-0.3, -0.25) is 4.79 Å². The number of pyridine rings is 1. The first-order valence-corrected chi connectivity index (χ1v) is 5.65. The van der Waals surface area contributed by atoms with Crippen molar-refractivity contribution in [2.45, 2.75) is 0 Å². The van der Waals surface area contributed by atoms with Crippen molar-refractivity contribution in [3.63, 3.8) is 0 Å². The number of aromatic carboxylic acids is 1. The van der Waals surface area contributed by atoms with Crippen LogP contribution in [0.3, 0.4) is 0 Å². The molecule has 0 fully saturated rings. The number of carboxylic acids is 1. The monoisotopic (exact) mass is 248 g/mol. The highest BCUT2D eigenvalue weighted by Gasteiger charge is 2.09. The van der Waals surface area contributed by atoms with E-state index in [2.05, 4.69) is 10.3 Å². The molecular weight excluding hydrogens is 240 g/mol. The van der Waals surface area contributed by atoms with E-state index in [0.29, 0.717) is 5.56 Å².